The molecule has 1 aromatic carbocycles. The van der Waals surface area contributed by atoms with Gasteiger partial charge in [0.05, 0.1) is 18.3 Å². The van der Waals surface area contributed by atoms with E-state index in [0.29, 0.717) is 5.56 Å². The normalized spacial score (nSPS) is 18.7. The second-order valence-electron chi connectivity index (χ2n) is 5.82. The third-order valence-electron chi connectivity index (χ3n) is 2.89. The summed E-state index contributed by atoms with van der Waals surface area (Å²) in [6.45, 7) is 4.90. The fourth-order valence-electron chi connectivity index (χ4n) is 2.14. The van der Waals surface area contributed by atoms with Crippen LogP contribution in [0.4, 0.5) is 19.3 Å². The van der Waals surface area contributed by atoms with E-state index in [1.807, 2.05) is 0 Å². The van der Waals surface area contributed by atoms with Gasteiger partial charge < -0.3 is 9.84 Å². The summed E-state index contributed by atoms with van der Waals surface area (Å²) in [7, 11) is 0. The first-order valence-electron chi connectivity index (χ1n) is 6.34. The van der Waals surface area contributed by atoms with Crippen LogP contribution >= 0.6 is 0 Å². The third-order valence-corrected chi connectivity index (χ3v) is 2.89. The third kappa shape index (κ3) is 2.90. The number of benzene rings is 1. The van der Waals surface area contributed by atoms with Gasteiger partial charge in [0.25, 0.3) is 0 Å². The van der Waals surface area contributed by atoms with Crippen molar-refractivity contribution in [2.75, 3.05) is 11.4 Å². The molecule has 0 saturated heterocycles. The first-order valence-corrected chi connectivity index (χ1v) is 6.34. The van der Waals surface area contributed by atoms with Crippen molar-refractivity contribution in [2.45, 2.75) is 38.9 Å². The number of anilines is 1. The topological polar surface area (TPSA) is 49.8 Å². The Labute approximate surface area is 116 Å². The van der Waals surface area contributed by atoms with E-state index in [4.69, 9.17) is 4.74 Å². The maximum Gasteiger partial charge on any atom is 0.414 e. The highest BCUT2D eigenvalue weighted by Gasteiger charge is 2.34. The van der Waals surface area contributed by atoms with Gasteiger partial charge in [-0.05, 0) is 32.4 Å². The van der Waals surface area contributed by atoms with Gasteiger partial charge in [0.1, 0.15) is 5.60 Å². The van der Waals surface area contributed by atoms with E-state index < -0.39 is 29.4 Å². The fraction of sp³-hybridized carbons (Fsp3) is 0.500. The number of rotatable bonds is 0. The number of carbonyl (C=O) groups excluding carboxylic acids is 1. The van der Waals surface area contributed by atoms with Crippen LogP contribution in [0.1, 0.15) is 26.3 Å². The van der Waals surface area contributed by atoms with E-state index >= 15 is 0 Å². The van der Waals surface area contributed by atoms with E-state index in [1.165, 1.54) is 6.07 Å². The molecule has 1 unspecified atom stereocenters. The summed E-state index contributed by atoms with van der Waals surface area (Å²) in [6, 6.07) is 2.35. The average Bonchev–Trinajstić information content (AvgIpc) is 2.31. The van der Waals surface area contributed by atoms with Crippen LogP contribution in [-0.4, -0.2) is 29.4 Å². The second kappa shape index (κ2) is 5.01. The molecular formula is C14H17F2NO3. The molecule has 0 aliphatic carbocycles. The minimum absolute atomic E-state index is 0.123. The van der Waals surface area contributed by atoms with Gasteiger partial charge >= 0.3 is 6.09 Å². The number of aliphatic hydroxyl groups excluding tert-OH is 1. The van der Waals surface area contributed by atoms with E-state index in [9.17, 15) is 18.7 Å². The minimum Gasteiger partial charge on any atom is -0.443 e. The van der Waals surface area contributed by atoms with Gasteiger partial charge in [0.2, 0.25) is 0 Å². The number of amides is 1. The standard InChI is InChI=1S/C14H17F2NO3/c1-14(2,3)20-13(19)17-7-9(18)6-8-4-5-10(15)11(16)12(8)17/h4-5,9,18H,6-7H2,1-3H3. The summed E-state index contributed by atoms with van der Waals surface area (Å²) in [5.74, 6) is -2.13. The van der Waals surface area contributed by atoms with Crippen molar-refractivity contribution in [3.8, 4) is 0 Å². The predicted molar refractivity (Wildman–Crippen MR) is 69.6 cm³/mol. The zero-order valence-electron chi connectivity index (χ0n) is 11.6. The zero-order chi connectivity index (χ0) is 15.1. The van der Waals surface area contributed by atoms with Crippen LogP contribution in [0.5, 0.6) is 0 Å². The number of hydrogen-bond acceptors (Lipinski definition) is 3. The van der Waals surface area contributed by atoms with Crippen molar-refractivity contribution >= 4 is 11.8 Å². The molecule has 0 bridgehead atoms. The average molecular weight is 285 g/mol. The van der Waals surface area contributed by atoms with Gasteiger partial charge in [-0.3, -0.25) is 4.90 Å². The van der Waals surface area contributed by atoms with Gasteiger partial charge in [0.15, 0.2) is 11.6 Å². The highest BCUT2D eigenvalue weighted by Crippen LogP contribution is 2.32. The van der Waals surface area contributed by atoms with Crippen LogP contribution in [0, 0.1) is 11.6 Å². The van der Waals surface area contributed by atoms with Crippen LogP contribution in [0.15, 0.2) is 12.1 Å². The number of carbonyl (C=O) groups is 1. The lowest BCUT2D eigenvalue weighted by Crippen LogP contribution is -2.45. The van der Waals surface area contributed by atoms with E-state index in [0.717, 1.165) is 11.0 Å². The second-order valence-corrected chi connectivity index (χ2v) is 5.82. The Balaban J connectivity index is 2.41. The number of hydrogen-bond donors (Lipinski definition) is 1. The molecule has 0 saturated carbocycles. The Hall–Kier alpha value is -1.69. The molecule has 1 aromatic rings. The van der Waals surface area contributed by atoms with Gasteiger partial charge in [-0.1, -0.05) is 6.07 Å². The van der Waals surface area contributed by atoms with Crippen molar-refractivity contribution in [3.63, 3.8) is 0 Å². The van der Waals surface area contributed by atoms with Crippen LogP contribution in [0.3, 0.4) is 0 Å². The molecule has 1 N–H and O–H groups in total. The maximum absolute atomic E-state index is 13.9. The Bertz CT molecular complexity index is 540. The Morgan fingerprint density at radius 2 is 2.05 bits per heavy atom. The highest BCUT2D eigenvalue weighted by molar-refractivity contribution is 5.90. The smallest absolute Gasteiger partial charge is 0.414 e. The summed E-state index contributed by atoms with van der Waals surface area (Å²) >= 11 is 0. The quantitative estimate of drug-likeness (QED) is 0.797. The SMILES string of the molecule is CC(C)(C)OC(=O)N1CC(O)Cc2ccc(F)c(F)c21. The maximum atomic E-state index is 13.9. The van der Waals surface area contributed by atoms with Crippen molar-refractivity contribution in [1.82, 2.24) is 0 Å². The van der Waals surface area contributed by atoms with E-state index in [2.05, 4.69) is 0 Å². The van der Waals surface area contributed by atoms with Crippen molar-refractivity contribution in [2.24, 2.45) is 0 Å². The number of aliphatic hydroxyl groups is 1. The summed E-state index contributed by atoms with van der Waals surface area (Å²) in [6.07, 6.45) is -1.46. The van der Waals surface area contributed by atoms with Crippen LogP contribution < -0.4 is 4.90 Å². The molecule has 20 heavy (non-hydrogen) atoms. The summed E-state index contributed by atoms with van der Waals surface area (Å²) in [5, 5.41) is 9.77. The minimum atomic E-state index is -1.10. The van der Waals surface area contributed by atoms with E-state index in [-0.39, 0.29) is 18.7 Å². The number of fused-ring (bicyclic) bond motifs is 1. The Morgan fingerprint density at radius 1 is 1.40 bits per heavy atom. The van der Waals surface area contributed by atoms with Crippen molar-refractivity contribution in [3.05, 3.63) is 29.3 Å². The predicted octanol–water partition coefficient (Wildman–Crippen LogP) is 2.62. The summed E-state index contributed by atoms with van der Waals surface area (Å²) in [5.41, 5.74) is -0.526. The number of nitrogens with zero attached hydrogens (tertiary/aromatic N) is 1. The van der Waals surface area contributed by atoms with Crippen molar-refractivity contribution in [1.29, 1.82) is 0 Å². The molecule has 0 aromatic heterocycles. The molecule has 0 spiro atoms. The fourth-order valence-corrected chi connectivity index (χ4v) is 2.14. The summed E-state index contributed by atoms with van der Waals surface area (Å²) in [4.78, 5) is 13.0. The monoisotopic (exact) mass is 285 g/mol. The lowest BCUT2D eigenvalue weighted by atomic mass is 9.99. The van der Waals surface area contributed by atoms with Gasteiger partial charge in [-0.2, -0.15) is 0 Å². The number of halogens is 2. The molecule has 0 radical (unpaired) electrons. The molecule has 6 heteroatoms. The Kier molecular flexibility index (Phi) is 3.69. The highest BCUT2D eigenvalue weighted by atomic mass is 19.2. The number of ether oxygens (including phenoxy) is 1. The molecule has 2 rings (SSSR count). The van der Waals surface area contributed by atoms with Gasteiger partial charge in [0, 0.05) is 6.42 Å². The van der Waals surface area contributed by atoms with E-state index in [1.54, 1.807) is 20.8 Å². The lowest BCUT2D eigenvalue weighted by molar-refractivity contribution is 0.0546. The van der Waals surface area contributed by atoms with Gasteiger partial charge in [-0.25, -0.2) is 13.6 Å². The first kappa shape index (κ1) is 14.7. The first-order chi connectivity index (χ1) is 9.19. The van der Waals surface area contributed by atoms with Crippen LogP contribution in [0.2, 0.25) is 0 Å². The number of β-amino-alcohol motifs (C(OH)–C–C–N with tert-alkyl or cyclic N) is 1. The lowest BCUT2D eigenvalue weighted by Gasteiger charge is -2.34. The molecular weight excluding hydrogens is 268 g/mol. The molecule has 110 valence electrons. The molecule has 1 aliphatic rings. The molecule has 4 nitrogen and oxygen atoms in total. The largest absolute Gasteiger partial charge is 0.443 e. The van der Waals surface area contributed by atoms with Crippen LogP contribution in [0.25, 0.3) is 0 Å². The molecule has 1 atom stereocenters. The van der Waals surface area contributed by atoms with Gasteiger partial charge in [-0.15, -0.1) is 0 Å². The zero-order valence-corrected chi connectivity index (χ0v) is 11.6. The van der Waals surface area contributed by atoms with Crippen molar-refractivity contribution < 1.29 is 23.4 Å². The molecule has 1 amide bonds. The molecule has 1 heterocycles. The molecule has 1 aliphatic heterocycles. The van der Waals surface area contributed by atoms with Crippen LogP contribution in [-0.2, 0) is 11.2 Å². The summed E-state index contributed by atoms with van der Waals surface area (Å²) < 4.78 is 32.5. The Morgan fingerprint density at radius 3 is 2.65 bits per heavy atom. The molecule has 0 fully saturated rings.